The van der Waals surface area contributed by atoms with Crippen LogP contribution in [0.3, 0.4) is 0 Å². The monoisotopic (exact) mass is 243 g/mol. The van der Waals surface area contributed by atoms with Crippen molar-refractivity contribution in [2.75, 3.05) is 6.54 Å². The Morgan fingerprint density at radius 3 is 2.89 bits per heavy atom. The Morgan fingerprint density at radius 1 is 1.44 bits per heavy atom. The lowest BCUT2D eigenvalue weighted by atomic mass is 10.1. The van der Waals surface area contributed by atoms with Crippen LogP contribution < -0.4 is 11.1 Å². The van der Waals surface area contributed by atoms with E-state index in [0.29, 0.717) is 12.1 Å². The molecule has 0 saturated heterocycles. The van der Waals surface area contributed by atoms with Crippen molar-refractivity contribution < 1.29 is 4.79 Å². The fourth-order valence-electron chi connectivity index (χ4n) is 1.86. The van der Waals surface area contributed by atoms with Gasteiger partial charge in [-0.25, -0.2) is 0 Å². The molecule has 0 aliphatic heterocycles. The lowest BCUT2D eigenvalue weighted by Gasteiger charge is -2.13. The zero-order valence-corrected chi connectivity index (χ0v) is 10.6. The van der Waals surface area contributed by atoms with Crippen LogP contribution in [0.15, 0.2) is 30.3 Å². The minimum absolute atomic E-state index is 0.0373. The highest BCUT2D eigenvalue weighted by atomic mass is 16.1. The SMILES string of the molecule is Cc1cc(C(=O)N[C@H](C)CN)c2ccccc2n1. The number of rotatable bonds is 3. The Kier molecular flexibility index (Phi) is 3.58. The maximum atomic E-state index is 12.2. The molecular weight excluding hydrogens is 226 g/mol. The fraction of sp³-hybridized carbons (Fsp3) is 0.286. The number of carbonyl (C=O) groups is 1. The standard InChI is InChI=1S/C14H17N3O/c1-9-7-12(14(18)17-10(2)8-15)11-5-3-4-6-13(11)16-9/h3-7,10H,8,15H2,1-2H3,(H,17,18)/t10-/m1/s1. The molecule has 0 spiro atoms. The van der Waals surface area contributed by atoms with Crippen LogP contribution in [0, 0.1) is 6.92 Å². The van der Waals surface area contributed by atoms with Gasteiger partial charge in [0, 0.05) is 23.7 Å². The van der Waals surface area contributed by atoms with E-state index in [9.17, 15) is 4.79 Å². The van der Waals surface area contributed by atoms with Gasteiger partial charge in [-0.2, -0.15) is 0 Å². The number of aryl methyl sites for hydroxylation is 1. The lowest BCUT2D eigenvalue weighted by molar-refractivity contribution is 0.0943. The Balaban J connectivity index is 2.46. The van der Waals surface area contributed by atoms with Crippen LogP contribution in [0.5, 0.6) is 0 Å². The highest BCUT2D eigenvalue weighted by Gasteiger charge is 2.13. The van der Waals surface area contributed by atoms with E-state index in [1.807, 2.05) is 38.1 Å². The van der Waals surface area contributed by atoms with Gasteiger partial charge in [-0.1, -0.05) is 18.2 Å². The van der Waals surface area contributed by atoms with Gasteiger partial charge in [-0.3, -0.25) is 9.78 Å². The van der Waals surface area contributed by atoms with Gasteiger partial charge in [0.1, 0.15) is 0 Å². The molecule has 0 unspecified atom stereocenters. The Labute approximate surface area is 106 Å². The van der Waals surface area contributed by atoms with Crippen LogP contribution in [-0.4, -0.2) is 23.5 Å². The number of benzene rings is 1. The van der Waals surface area contributed by atoms with Gasteiger partial charge in [0.05, 0.1) is 11.1 Å². The molecule has 1 heterocycles. The lowest BCUT2D eigenvalue weighted by Crippen LogP contribution is -2.37. The summed E-state index contributed by atoms with van der Waals surface area (Å²) in [6, 6.07) is 9.40. The smallest absolute Gasteiger partial charge is 0.252 e. The number of hydrogen-bond acceptors (Lipinski definition) is 3. The quantitative estimate of drug-likeness (QED) is 0.860. The summed E-state index contributed by atoms with van der Waals surface area (Å²) in [6.45, 7) is 4.19. The number of nitrogens with zero attached hydrogens (tertiary/aromatic N) is 1. The summed E-state index contributed by atoms with van der Waals surface area (Å²) >= 11 is 0. The molecule has 1 aromatic carbocycles. The average molecular weight is 243 g/mol. The summed E-state index contributed by atoms with van der Waals surface area (Å²) in [4.78, 5) is 16.6. The van der Waals surface area contributed by atoms with Gasteiger partial charge in [0.15, 0.2) is 0 Å². The largest absolute Gasteiger partial charge is 0.348 e. The normalized spacial score (nSPS) is 12.4. The van der Waals surface area contributed by atoms with Crippen LogP contribution in [-0.2, 0) is 0 Å². The number of pyridine rings is 1. The molecule has 0 fully saturated rings. The summed E-state index contributed by atoms with van der Waals surface area (Å²) in [5.74, 6) is -0.102. The van der Waals surface area contributed by atoms with Crippen molar-refractivity contribution in [3.63, 3.8) is 0 Å². The molecule has 0 radical (unpaired) electrons. The average Bonchev–Trinajstić information content (AvgIpc) is 2.37. The number of carbonyl (C=O) groups excluding carboxylic acids is 1. The van der Waals surface area contributed by atoms with Crippen LogP contribution in [0.4, 0.5) is 0 Å². The number of aromatic nitrogens is 1. The zero-order chi connectivity index (χ0) is 13.1. The number of para-hydroxylation sites is 1. The van der Waals surface area contributed by atoms with Crippen molar-refractivity contribution in [2.24, 2.45) is 5.73 Å². The molecule has 4 heteroatoms. The van der Waals surface area contributed by atoms with Crippen molar-refractivity contribution >= 4 is 16.8 Å². The molecule has 4 nitrogen and oxygen atoms in total. The molecule has 18 heavy (non-hydrogen) atoms. The van der Waals surface area contributed by atoms with Crippen molar-refractivity contribution in [3.8, 4) is 0 Å². The second-order valence-electron chi connectivity index (χ2n) is 4.44. The van der Waals surface area contributed by atoms with Crippen molar-refractivity contribution in [2.45, 2.75) is 19.9 Å². The molecule has 94 valence electrons. The van der Waals surface area contributed by atoms with E-state index in [1.54, 1.807) is 6.07 Å². The zero-order valence-electron chi connectivity index (χ0n) is 10.6. The van der Waals surface area contributed by atoms with Crippen LogP contribution >= 0.6 is 0 Å². The number of amides is 1. The van der Waals surface area contributed by atoms with E-state index >= 15 is 0 Å². The second kappa shape index (κ2) is 5.14. The van der Waals surface area contributed by atoms with Crippen LogP contribution in [0.2, 0.25) is 0 Å². The van der Waals surface area contributed by atoms with E-state index in [2.05, 4.69) is 10.3 Å². The molecule has 1 aromatic heterocycles. The summed E-state index contributed by atoms with van der Waals surface area (Å²) in [6.07, 6.45) is 0. The van der Waals surface area contributed by atoms with Gasteiger partial charge >= 0.3 is 0 Å². The molecule has 0 aliphatic carbocycles. The van der Waals surface area contributed by atoms with Crippen molar-refractivity contribution in [3.05, 3.63) is 41.6 Å². The summed E-state index contributed by atoms with van der Waals surface area (Å²) in [7, 11) is 0. The van der Waals surface area contributed by atoms with Crippen molar-refractivity contribution in [1.29, 1.82) is 0 Å². The minimum Gasteiger partial charge on any atom is -0.348 e. The van der Waals surface area contributed by atoms with E-state index < -0.39 is 0 Å². The Morgan fingerprint density at radius 2 is 2.17 bits per heavy atom. The topological polar surface area (TPSA) is 68.0 Å². The maximum Gasteiger partial charge on any atom is 0.252 e. The van der Waals surface area contributed by atoms with Gasteiger partial charge < -0.3 is 11.1 Å². The Hall–Kier alpha value is -1.94. The first-order valence-corrected chi connectivity index (χ1v) is 5.99. The third kappa shape index (κ3) is 2.49. The van der Waals surface area contributed by atoms with Gasteiger partial charge in [-0.15, -0.1) is 0 Å². The maximum absolute atomic E-state index is 12.2. The third-order valence-electron chi connectivity index (χ3n) is 2.82. The summed E-state index contributed by atoms with van der Waals surface area (Å²) < 4.78 is 0. The number of nitrogens with two attached hydrogens (primary N) is 1. The van der Waals surface area contributed by atoms with Gasteiger partial charge in [-0.05, 0) is 26.0 Å². The molecule has 0 bridgehead atoms. The molecule has 0 aliphatic rings. The predicted octanol–water partition coefficient (Wildman–Crippen LogP) is 1.62. The van der Waals surface area contributed by atoms with Crippen LogP contribution in [0.1, 0.15) is 23.0 Å². The Bertz CT molecular complexity index is 580. The molecular formula is C14H17N3O. The van der Waals surface area contributed by atoms with Gasteiger partial charge in [0.2, 0.25) is 0 Å². The summed E-state index contributed by atoms with van der Waals surface area (Å²) in [5, 5.41) is 3.74. The molecule has 1 atom stereocenters. The highest BCUT2D eigenvalue weighted by molar-refractivity contribution is 6.06. The van der Waals surface area contributed by atoms with Crippen molar-refractivity contribution in [1.82, 2.24) is 10.3 Å². The van der Waals surface area contributed by atoms with Crippen LogP contribution in [0.25, 0.3) is 10.9 Å². The van der Waals surface area contributed by atoms with E-state index in [4.69, 9.17) is 5.73 Å². The first-order chi connectivity index (χ1) is 8.61. The molecule has 0 saturated carbocycles. The van der Waals surface area contributed by atoms with Gasteiger partial charge in [0.25, 0.3) is 5.91 Å². The predicted molar refractivity (Wildman–Crippen MR) is 72.5 cm³/mol. The number of fused-ring (bicyclic) bond motifs is 1. The molecule has 2 aromatic rings. The molecule has 2 rings (SSSR count). The summed E-state index contributed by atoms with van der Waals surface area (Å²) in [5.41, 5.74) is 7.83. The second-order valence-corrected chi connectivity index (χ2v) is 4.44. The first kappa shape index (κ1) is 12.5. The highest BCUT2D eigenvalue weighted by Crippen LogP contribution is 2.18. The first-order valence-electron chi connectivity index (χ1n) is 5.99. The number of hydrogen-bond donors (Lipinski definition) is 2. The number of nitrogens with one attached hydrogen (secondary N) is 1. The van der Waals surface area contributed by atoms with E-state index in [1.165, 1.54) is 0 Å². The van der Waals surface area contributed by atoms with E-state index in [-0.39, 0.29) is 11.9 Å². The third-order valence-corrected chi connectivity index (χ3v) is 2.82. The fourth-order valence-corrected chi connectivity index (χ4v) is 1.86. The molecule has 1 amide bonds. The minimum atomic E-state index is -0.102. The molecule has 3 N–H and O–H groups in total. The van der Waals surface area contributed by atoms with E-state index in [0.717, 1.165) is 16.6 Å².